The molecule has 1 heterocycles. The number of nitrogens with two attached hydrogens (primary N) is 1. The summed E-state index contributed by atoms with van der Waals surface area (Å²) < 4.78 is 11.5. The Kier molecular flexibility index (Phi) is 4.64. The first kappa shape index (κ1) is 14.1. The van der Waals surface area contributed by atoms with E-state index in [0.717, 1.165) is 17.1 Å². The lowest BCUT2D eigenvalue weighted by atomic mass is 10.1. The summed E-state index contributed by atoms with van der Waals surface area (Å²) in [6.07, 6.45) is -0.246. The highest BCUT2D eigenvalue weighted by molar-refractivity contribution is 6.30. The summed E-state index contributed by atoms with van der Waals surface area (Å²) in [6, 6.07) is 11.2. The molecule has 0 saturated carbocycles. The molecule has 2 unspecified atom stereocenters. The van der Waals surface area contributed by atoms with Crippen molar-refractivity contribution in [1.82, 2.24) is 0 Å². The van der Waals surface area contributed by atoms with Gasteiger partial charge in [0.15, 0.2) is 0 Å². The first-order chi connectivity index (χ1) is 9.06. The molecule has 1 aromatic carbocycles. The van der Waals surface area contributed by atoms with Gasteiger partial charge in [-0.05, 0) is 43.7 Å². The van der Waals surface area contributed by atoms with Gasteiger partial charge in [0.1, 0.15) is 17.6 Å². The Morgan fingerprint density at radius 2 is 1.89 bits per heavy atom. The highest BCUT2D eigenvalue weighted by atomic mass is 35.5. The Balaban J connectivity index is 2.03. The number of hydrogen-bond acceptors (Lipinski definition) is 3. The minimum absolute atomic E-state index is 0.141. The van der Waals surface area contributed by atoms with Crippen molar-refractivity contribution < 1.29 is 9.15 Å². The molecule has 0 saturated heterocycles. The zero-order chi connectivity index (χ0) is 13.8. The van der Waals surface area contributed by atoms with Crippen molar-refractivity contribution in [3.63, 3.8) is 0 Å². The second-order valence-corrected chi connectivity index (χ2v) is 5.10. The summed E-state index contributed by atoms with van der Waals surface area (Å²) in [6.45, 7) is 4.29. The number of rotatable bonds is 5. The number of hydrogen-bond donors (Lipinski definition) is 1. The van der Waals surface area contributed by atoms with Crippen molar-refractivity contribution in [2.45, 2.75) is 32.6 Å². The van der Waals surface area contributed by atoms with E-state index in [1.165, 1.54) is 0 Å². The zero-order valence-electron chi connectivity index (χ0n) is 11.1. The van der Waals surface area contributed by atoms with Crippen molar-refractivity contribution >= 4 is 11.6 Å². The van der Waals surface area contributed by atoms with E-state index >= 15 is 0 Å². The molecule has 19 heavy (non-hydrogen) atoms. The van der Waals surface area contributed by atoms with E-state index in [-0.39, 0.29) is 12.1 Å². The molecule has 2 rings (SSSR count). The molecular formula is C15H18ClNO2. The standard InChI is InChI=1S/C15H18ClNO2/c1-10-3-8-14(19-10)15(11(2)17)18-9-12-4-6-13(16)7-5-12/h3-8,11,15H,9,17H2,1-2H3. The minimum Gasteiger partial charge on any atom is -0.464 e. The Hall–Kier alpha value is -1.29. The van der Waals surface area contributed by atoms with Gasteiger partial charge in [0.05, 0.1) is 6.61 Å². The SMILES string of the molecule is Cc1ccc(C(OCc2ccc(Cl)cc2)C(C)N)o1. The molecule has 0 bridgehead atoms. The molecule has 0 fully saturated rings. The van der Waals surface area contributed by atoms with Crippen molar-refractivity contribution in [1.29, 1.82) is 0 Å². The van der Waals surface area contributed by atoms with E-state index in [9.17, 15) is 0 Å². The van der Waals surface area contributed by atoms with E-state index in [2.05, 4.69) is 0 Å². The van der Waals surface area contributed by atoms with Gasteiger partial charge >= 0.3 is 0 Å². The number of benzene rings is 1. The van der Waals surface area contributed by atoms with E-state index in [1.807, 2.05) is 50.2 Å². The quantitative estimate of drug-likeness (QED) is 0.904. The van der Waals surface area contributed by atoms with Crippen LogP contribution in [0.2, 0.25) is 5.02 Å². The molecule has 0 spiro atoms. The van der Waals surface area contributed by atoms with Crippen molar-refractivity contribution in [3.05, 3.63) is 58.5 Å². The molecule has 0 radical (unpaired) electrons. The second kappa shape index (κ2) is 6.24. The normalized spacial score (nSPS) is 14.3. The van der Waals surface area contributed by atoms with Gasteiger partial charge in [-0.3, -0.25) is 0 Å². The fraction of sp³-hybridized carbons (Fsp3) is 0.333. The predicted octanol–water partition coefficient (Wildman–Crippen LogP) is 3.85. The van der Waals surface area contributed by atoms with E-state index in [4.69, 9.17) is 26.5 Å². The predicted molar refractivity (Wildman–Crippen MR) is 76.1 cm³/mol. The Labute approximate surface area is 118 Å². The summed E-state index contributed by atoms with van der Waals surface area (Å²) in [5.74, 6) is 1.62. The van der Waals surface area contributed by atoms with E-state index in [0.29, 0.717) is 11.6 Å². The van der Waals surface area contributed by atoms with Gasteiger partial charge in [-0.1, -0.05) is 23.7 Å². The third-order valence-electron chi connectivity index (χ3n) is 2.86. The summed E-state index contributed by atoms with van der Waals surface area (Å²) in [4.78, 5) is 0. The molecule has 4 heteroatoms. The van der Waals surface area contributed by atoms with Crippen LogP contribution in [0.4, 0.5) is 0 Å². The molecule has 2 aromatic rings. The number of halogens is 1. The lowest BCUT2D eigenvalue weighted by Crippen LogP contribution is -2.26. The maximum Gasteiger partial charge on any atom is 0.134 e. The number of ether oxygens (including phenoxy) is 1. The molecule has 1 aromatic heterocycles. The van der Waals surface area contributed by atoms with Crippen LogP contribution in [-0.2, 0) is 11.3 Å². The number of aryl methyl sites for hydroxylation is 1. The monoisotopic (exact) mass is 279 g/mol. The van der Waals surface area contributed by atoms with Crippen LogP contribution >= 0.6 is 11.6 Å². The van der Waals surface area contributed by atoms with Crippen molar-refractivity contribution in [2.24, 2.45) is 5.73 Å². The molecule has 2 N–H and O–H groups in total. The summed E-state index contributed by atoms with van der Waals surface area (Å²) in [5, 5.41) is 0.717. The molecule has 0 aliphatic heterocycles. The first-order valence-electron chi connectivity index (χ1n) is 6.24. The third-order valence-corrected chi connectivity index (χ3v) is 3.11. The second-order valence-electron chi connectivity index (χ2n) is 4.67. The molecule has 2 atom stereocenters. The van der Waals surface area contributed by atoms with Gasteiger partial charge < -0.3 is 14.9 Å². The molecule has 0 aliphatic rings. The fourth-order valence-corrected chi connectivity index (χ4v) is 1.99. The van der Waals surface area contributed by atoms with Crippen molar-refractivity contribution in [3.8, 4) is 0 Å². The van der Waals surface area contributed by atoms with Crippen LogP contribution in [0, 0.1) is 6.92 Å². The van der Waals surface area contributed by atoms with Gasteiger partial charge in [-0.25, -0.2) is 0 Å². The number of furan rings is 1. The van der Waals surface area contributed by atoms with Crippen molar-refractivity contribution in [2.75, 3.05) is 0 Å². The maximum atomic E-state index is 5.96. The van der Waals surface area contributed by atoms with Gasteiger partial charge in [-0.2, -0.15) is 0 Å². The largest absolute Gasteiger partial charge is 0.464 e. The fourth-order valence-electron chi connectivity index (χ4n) is 1.87. The first-order valence-corrected chi connectivity index (χ1v) is 6.62. The Morgan fingerprint density at radius 3 is 2.42 bits per heavy atom. The molecule has 102 valence electrons. The van der Waals surface area contributed by atoms with Crippen LogP contribution in [0.25, 0.3) is 0 Å². The summed E-state index contributed by atoms with van der Waals surface area (Å²) in [5.41, 5.74) is 7.01. The minimum atomic E-state index is -0.246. The smallest absolute Gasteiger partial charge is 0.134 e. The summed E-state index contributed by atoms with van der Waals surface area (Å²) >= 11 is 5.85. The van der Waals surface area contributed by atoms with E-state index < -0.39 is 0 Å². The lowest BCUT2D eigenvalue weighted by Gasteiger charge is -2.19. The van der Waals surface area contributed by atoms with Crippen LogP contribution < -0.4 is 5.73 Å². The van der Waals surface area contributed by atoms with Gasteiger partial charge in [-0.15, -0.1) is 0 Å². The molecule has 0 aliphatic carbocycles. The van der Waals surface area contributed by atoms with E-state index in [1.54, 1.807) is 0 Å². The average molecular weight is 280 g/mol. The van der Waals surface area contributed by atoms with Crippen LogP contribution in [0.5, 0.6) is 0 Å². The molecule has 3 nitrogen and oxygen atoms in total. The van der Waals surface area contributed by atoms with Crippen LogP contribution in [0.3, 0.4) is 0 Å². The van der Waals surface area contributed by atoms with Crippen LogP contribution in [0.1, 0.15) is 30.1 Å². The van der Waals surface area contributed by atoms with Crippen LogP contribution in [-0.4, -0.2) is 6.04 Å². The average Bonchev–Trinajstić information content (AvgIpc) is 2.78. The van der Waals surface area contributed by atoms with Gasteiger partial charge in [0.25, 0.3) is 0 Å². The van der Waals surface area contributed by atoms with Gasteiger partial charge in [0.2, 0.25) is 0 Å². The zero-order valence-corrected chi connectivity index (χ0v) is 11.9. The Bertz CT molecular complexity index is 519. The topological polar surface area (TPSA) is 48.4 Å². The Morgan fingerprint density at radius 1 is 1.21 bits per heavy atom. The van der Waals surface area contributed by atoms with Gasteiger partial charge in [0, 0.05) is 11.1 Å². The molecular weight excluding hydrogens is 262 g/mol. The summed E-state index contributed by atoms with van der Waals surface area (Å²) in [7, 11) is 0. The third kappa shape index (κ3) is 3.83. The maximum absolute atomic E-state index is 5.96. The van der Waals surface area contributed by atoms with Crippen LogP contribution in [0.15, 0.2) is 40.8 Å². The highest BCUT2D eigenvalue weighted by Crippen LogP contribution is 2.24. The lowest BCUT2D eigenvalue weighted by molar-refractivity contribution is 0.0115. The molecule has 0 amide bonds. The highest BCUT2D eigenvalue weighted by Gasteiger charge is 2.20.